The van der Waals surface area contributed by atoms with Crippen LogP contribution in [0.2, 0.25) is 0 Å². The van der Waals surface area contributed by atoms with Crippen molar-refractivity contribution in [2.75, 3.05) is 7.11 Å². The third kappa shape index (κ3) is 1.78. The summed E-state index contributed by atoms with van der Waals surface area (Å²) in [5, 5.41) is 0. The molecule has 10 heavy (non-hydrogen) atoms. The summed E-state index contributed by atoms with van der Waals surface area (Å²) in [6, 6.07) is 0.381. The molecular weight excluding hydrogens is 168 g/mol. The zero-order chi connectivity index (χ0) is 7.40. The molecule has 3 nitrogen and oxygen atoms in total. The molecule has 0 amide bonds. The van der Waals surface area contributed by atoms with E-state index in [-0.39, 0.29) is 0 Å². The van der Waals surface area contributed by atoms with Gasteiger partial charge >= 0.3 is 6.01 Å². The molecule has 0 N–H and O–H groups in total. The van der Waals surface area contributed by atoms with E-state index in [1.165, 1.54) is 17.9 Å². The lowest BCUT2D eigenvalue weighted by molar-refractivity contribution is 0.378. The van der Waals surface area contributed by atoms with E-state index in [2.05, 4.69) is 21.6 Å². The maximum Gasteiger partial charge on any atom is 0.316 e. The van der Waals surface area contributed by atoms with Crippen LogP contribution in [0.1, 0.15) is 0 Å². The molecule has 0 aromatic carbocycles. The zero-order valence-corrected chi connectivity index (χ0v) is 7.02. The van der Waals surface area contributed by atoms with E-state index in [9.17, 15) is 0 Å². The molecule has 1 aromatic heterocycles. The van der Waals surface area contributed by atoms with Gasteiger partial charge in [0.15, 0.2) is 0 Å². The molecule has 5 heteroatoms. The highest BCUT2D eigenvalue weighted by atomic mass is 33.1. The van der Waals surface area contributed by atoms with Crippen molar-refractivity contribution in [3.8, 4) is 6.01 Å². The van der Waals surface area contributed by atoms with Gasteiger partial charge in [0.2, 0.25) is 0 Å². The van der Waals surface area contributed by atoms with Gasteiger partial charge in [-0.15, -0.1) is 11.7 Å². The van der Waals surface area contributed by atoms with Gasteiger partial charge in [-0.25, -0.2) is 9.97 Å². The van der Waals surface area contributed by atoms with Crippen LogP contribution in [0.4, 0.5) is 0 Å². The topological polar surface area (TPSA) is 35.0 Å². The lowest BCUT2D eigenvalue weighted by atomic mass is 10.7. The Kier molecular flexibility index (Phi) is 2.82. The quantitative estimate of drug-likeness (QED) is 0.543. The van der Waals surface area contributed by atoms with E-state index in [0.29, 0.717) is 6.01 Å². The molecule has 0 unspecified atom stereocenters. The highest BCUT2D eigenvalue weighted by Crippen LogP contribution is 2.19. The van der Waals surface area contributed by atoms with E-state index in [0.717, 1.165) is 4.90 Å². The molecular formula is C5H6N2OS2. The molecule has 0 aliphatic carbocycles. The maximum atomic E-state index is 4.76. The molecule has 0 fully saturated rings. The number of nitrogens with zero attached hydrogens (tertiary/aromatic N) is 2. The summed E-state index contributed by atoms with van der Waals surface area (Å²) in [6.07, 6.45) is 3.31. The van der Waals surface area contributed by atoms with Crippen LogP contribution >= 0.6 is 22.5 Å². The van der Waals surface area contributed by atoms with Gasteiger partial charge in [-0.2, -0.15) is 0 Å². The lowest BCUT2D eigenvalue weighted by Gasteiger charge is -1.95. The fourth-order valence-electron chi connectivity index (χ4n) is 0.457. The predicted octanol–water partition coefficient (Wildman–Crippen LogP) is 1.42. The second-order valence-electron chi connectivity index (χ2n) is 1.50. The lowest BCUT2D eigenvalue weighted by Crippen LogP contribution is -1.89. The van der Waals surface area contributed by atoms with E-state index >= 15 is 0 Å². The highest BCUT2D eigenvalue weighted by molar-refractivity contribution is 8.68. The van der Waals surface area contributed by atoms with Crippen LogP contribution in [0, 0.1) is 0 Å². The first-order valence-electron chi connectivity index (χ1n) is 2.54. The number of hydrogen-bond donors (Lipinski definition) is 1. The third-order valence-corrected chi connectivity index (χ3v) is 1.95. The molecule has 1 aromatic rings. The minimum absolute atomic E-state index is 0.381. The summed E-state index contributed by atoms with van der Waals surface area (Å²) >= 11 is 3.97. The smallest absolute Gasteiger partial charge is 0.316 e. The van der Waals surface area contributed by atoms with Gasteiger partial charge < -0.3 is 4.74 Å². The average molecular weight is 174 g/mol. The first kappa shape index (κ1) is 7.68. The van der Waals surface area contributed by atoms with Gasteiger partial charge in [0.1, 0.15) is 0 Å². The van der Waals surface area contributed by atoms with Crippen molar-refractivity contribution in [3.63, 3.8) is 0 Å². The average Bonchev–Trinajstić information content (AvgIpc) is 2.05. The standard InChI is InChI=1S/C5H6N2OS2/c1-8-5-6-2-4(10-9)3-7-5/h2-3,9H,1H3. The van der Waals surface area contributed by atoms with Crippen molar-refractivity contribution in [2.24, 2.45) is 0 Å². The van der Waals surface area contributed by atoms with Crippen molar-refractivity contribution in [2.45, 2.75) is 4.90 Å². The minimum Gasteiger partial charge on any atom is -0.467 e. The molecule has 0 saturated heterocycles. The van der Waals surface area contributed by atoms with Crippen LogP contribution in [0.25, 0.3) is 0 Å². The van der Waals surface area contributed by atoms with E-state index in [4.69, 9.17) is 4.74 Å². The van der Waals surface area contributed by atoms with Crippen LogP contribution in [-0.4, -0.2) is 17.1 Å². The summed E-state index contributed by atoms with van der Waals surface area (Å²) in [6.45, 7) is 0. The molecule has 0 atom stereocenters. The monoisotopic (exact) mass is 174 g/mol. The van der Waals surface area contributed by atoms with Crippen LogP contribution in [0.5, 0.6) is 6.01 Å². The fourth-order valence-corrected chi connectivity index (χ4v) is 0.939. The van der Waals surface area contributed by atoms with Crippen LogP contribution in [-0.2, 0) is 0 Å². The molecule has 0 radical (unpaired) electrons. The summed E-state index contributed by atoms with van der Waals surface area (Å²) in [7, 11) is 2.83. The van der Waals surface area contributed by atoms with Crippen molar-refractivity contribution >= 4 is 22.5 Å². The number of hydrogen-bond acceptors (Lipinski definition) is 5. The SMILES string of the molecule is COc1ncc(SS)cn1. The van der Waals surface area contributed by atoms with Gasteiger partial charge in [0, 0.05) is 12.4 Å². The number of rotatable bonds is 2. The van der Waals surface area contributed by atoms with Crippen molar-refractivity contribution < 1.29 is 4.74 Å². The molecule has 54 valence electrons. The Morgan fingerprint density at radius 2 is 2.10 bits per heavy atom. The highest BCUT2D eigenvalue weighted by Gasteiger charge is 1.93. The number of methoxy groups -OCH3 is 1. The third-order valence-electron chi connectivity index (χ3n) is 0.892. The maximum absolute atomic E-state index is 4.76. The van der Waals surface area contributed by atoms with E-state index in [1.807, 2.05) is 0 Å². The molecule has 1 heterocycles. The first-order valence-corrected chi connectivity index (χ1v) is 4.41. The molecule has 0 aliphatic heterocycles. The molecule has 0 aliphatic rings. The normalized spacial score (nSPS) is 9.40. The Labute approximate surface area is 68.0 Å². The molecule has 1 rings (SSSR count). The first-order chi connectivity index (χ1) is 4.86. The van der Waals surface area contributed by atoms with E-state index < -0.39 is 0 Å². The second-order valence-corrected chi connectivity index (χ2v) is 2.70. The van der Waals surface area contributed by atoms with Gasteiger partial charge in [0.05, 0.1) is 12.0 Å². The molecule has 0 spiro atoms. The summed E-state index contributed by atoms with van der Waals surface area (Å²) < 4.78 is 4.76. The van der Waals surface area contributed by atoms with Crippen LogP contribution < -0.4 is 4.74 Å². The minimum atomic E-state index is 0.381. The van der Waals surface area contributed by atoms with Crippen molar-refractivity contribution in [1.29, 1.82) is 0 Å². The Bertz CT molecular complexity index is 178. The van der Waals surface area contributed by atoms with E-state index in [1.54, 1.807) is 12.4 Å². The Morgan fingerprint density at radius 1 is 1.50 bits per heavy atom. The molecule has 0 saturated carbocycles. The largest absolute Gasteiger partial charge is 0.467 e. The van der Waals surface area contributed by atoms with Gasteiger partial charge in [-0.05, 0) is 0 Å². The Hall–Kier alpha value is -0.420. The van der Waals surface area contributed by atoms with Crippen molar-refractivity contribution in [3.05, 3.63) is 12.4 Å². The summed E-state index contributed by atoms with van der Waals surface area (Å²) in [5.41, 5.74) is 0. The summed E-state index contributed by atoms with van der Waals surface area (Å²) in [4.78, 5) is 8.64. The summed E-state index contributed by atoms with van der Waals surface area (Å²) in [5.74, 6) is 0. The van der Waals surface area contributed by atoms with Crippen molar-refractivity contribution in [1.82, 2.24) is 9.97 Å². The molecule has 0 bridgehead atoms. The van der Waals surface area contributed by atoms with Gasteiger partial charge in [0.25, 0.3) is 0 Å². The Balaban J connectivity index is 2.80. The zero-order valence-electron chi connectivity index (χ0n) is 5.31. The van der Waals surface area contributed by atoms with Gasteiger partial charge in [-0.1, -0.05) is 10.8 Å². The van der Waals surface area contributed by atoms with Crippen LogP contribution in [0.15, 0.2) is 17.3 Å². The van der Waals surface area contributed by atoms with Crippen LogP contribution in [0.3, 0.4) is 0 Å². The number of aromatic nitrogens is 2. The fraction of sp³-hybridized carbons (Fsp3) is 0.200. The van der Waals surface area contributed by atoms with Gasteiger partial charge in [-0.3, -0.25) is 0 Å². The second kappa shape index (κ2) is 3.68. The Morgan fingerprint density at radius 3 is 2.50 bits per heavy atom. The number of thiol groups is 1. The number of ether oxygens (including phenoxy) is 1. The predicted molar refractivity (Wildman–Crippen MR) is 43.4 cm³/mol.